The summed E-state index contributed by atoms with van der Waals surface area (Å²) in [6.07, 6.45) is 53.7. The third-order valence-corrected chi connectivity index (χ3v) is 12.5. The smallest absolute Gasteiger partial charge is 0.225 e. The summed E-state index contributed by atoms with van der Waals surface area (Å²) < 4.78 is 13.2. The molecule has 0 aromatic heterocycles. The van der Waals surface area contributed by atoms with E-state index >= 15 is 0 Å². The summed E-state index contributed by atoms with van der Waals surface area (Å²) in [7, 11) is -3.79. The van der Waals surface area contributed by atoms with Crippen LogP contribution in [-0.2, 0) is 13.6 Å². The first-order valence-electron chi connectivity index (χ1n) is 24.4. The van der Waals surface area contributed by atoms with Gasteiger partial charge >= 0.3 is 0 Å². The van der Waals surface area contributed by atoms with Crippen molar-refractivity contribution in [2.24, 2.45) is 0 Å². The van der Waals surface area contributed by atoms with Gasteiger partial charge in [0.15, 0.2) is 16.6 Å². The van der Waals surface area contributed by atoms with E-state index in [9.17, 15) is 4.79 Å². The van der Waals surface area contributed by atoms with Crippen LogP contribution in [0.2, 0.25) is 39.3 Å². The Hall–Kier alpha value is -0.696. The molecule has 4 nitrogen and oxygen atoms in total. The van der Waals surface area contributed by atoms with Crippen LogP contribution in [0.25, 0.3) is 0 Å². The highest BCUT2D eigenvalue weighted by atomic mass is 28.4. The van der Waals surface area contributed by atoms with Gasteiger partial charge in [0.25, 0.3) is 0 Å². The average Bonchev–Trinajstić information content (AvgIpc) is 3.12. The van der Waals surface area contributed by atoms with Gasteiger partial charge in [-0.1, -0.05) is 224 Å². The van der Waals surface area contributed by atoms with Crippen LogP contribution in [0.3, 0.4) is 0 Å². The monoisotopic (exact) mass is 806 g/mol. The van der Waals surface area contributed by atoms with Gasteiger partial charge in [0.1, 0.15) is 12.3 Å². The molecule has 0 heterocycles. The number of carbonyl (C=O) groups is 1. The quantitative estimate of drug-likeness (QED) is 0.0289. The molecule has 0 aliphatic heterocycles. The van der Waals surface area contributed by atoms with E-state index < -0.39 is 22.9 Å². The molecule has 0 spiro atoms. The fourth-order valence-electron chi connectivity index (χ4n) is 7.37. The topological polar surface area (TPSA) is 47.6 Å². The second kappa shape index (κ2) is 38.8. The van der Waals surface area contributed by atoms with Gasteiger partial charge in [-0.3, -0.25) is 4.79 Å². The van der Waals surface area contributed by atoms with E-state index in [1.54, 1.807) is 0 Å². The van der Waals surface area contributed by atoms with E-state index in [4.69, 9.17) is 8.85 Å². The summed E-state index contributed by atoms with van der Waals surface area (Å²) in [6, 6.07) is 0. The van der Waals surface area contributed by atoms with Gasteiger partial charge in [0.05, 0.1) is 0 Å². The zero-order chi connectivity index (χ0) is 40.7. The Labute approximate surface area is 348 Å². The number of unbranched alkanes of at least 4 members (excludes halogenated alkanes) is 31. The van der Waals surface area contributed by atoms with Crippen molar-refractivity contribution in [1.29, 1.82) is 0 Å². The lowest BCUT2D eigenvalue weighted by Crippen LogP contribution is -2.52. The first-order chi connectivity index (χ1) is 26.5. The molecular weight excluding hydrogens is 707 g/mol. The maximum atomic E-state index is 13.1. The van der Waals surface area contributed by atoms with Crippen molar-refractivity contribution in [1.82, 2.24) is 5.32 Å². The summed E-state index contributed by atoms with van der Waals surface area (Å²) in [5.41, 5.74) is 0. The van der Waals surface area contributed by atoms with Gasteiger partial charge in [-0.05, 0) is 65.0 Å². The zero-order valence-electron chi connectivity index (χ0n) is 38.7. The number of rotatable bonds is 42. The molecule has 1 amide bonds. The van der Waals surface area contributed by atoms with Crippen molar-refractivity contribution in [3.63, 3.8) is 0 Å². The number of amides is 1. The van der Waals surface area contributed by atoms with E-state index in [1.165, 1.54) is 199 Å². The van der Waals surface area contributed by atoms with E-state index in [0.717, 1.165) is 12.8 Å². The Morgan fingerprint density at radius 1 is 0.436 bits per heavy atom. The van der Waals surface area contributed by atoms with E-state index in [2.05, 4.69) is 76.7 Å². The van der Waals surface area contributed by atoms with Crippen LogP contribution in [0, 0.1) is 0 Å². The van der Waals surface area contributed by atoms with Gasteiger partial charge in [0, 0.05) is 6.42 Å². The molecule has 0 bridgehead atoms. The summed E-state index contributed by atoms with van der Waals surface area (Å²) >= 11 is 0. The molecule has 0 fully saturated rings. The number of nitrogens with one attached hydrogen (secondary N) is 1. The second-order valence-corrected chi connectivity index (χ2v) is 27.8. The van der Waals surface area contributed by atoms with Crippen molar-refractivity contribution < 1.29 is 13.6 Å². The van der Waals surface area contributed by atoms with Crippen molar-refractivity contribution in [2.45, 2.75) is 284 Å². The second-order valence-electron chi connectivity index (χ2n) is 18.8. The largest absolute Gasteiger partial charge is 0.407 e. The van der Waals surface area contributed by atoms with Gasteiger partial charge in [0.2, 0.25) is 5.91 Å². The van der Waals surface area contributed by atoms with Crippen LogP contribution in [0.4, 0.5) is 0 Å². The molecular formula is C49H99NO3Si2. The fraction of sp³-hybridized carbons (Fsp3) is 0.898. The predicted octanol–water partition coefficient (Wildman–Crippen LogP) is 16.9. The number of hydrogen-bond donors (Lipinski definition) is 1. The predicted molar refractivity (Wildman–Crippen MR) is 251 cm³/mol. The SMILES string of the molecule is CCCCCCCCCCCCC/C=C/C(O[Si](C)(C)C)C(NC(=O)C/C=C/CCCCCCCCCCCCCCCCCCCCCC)O[Si](C)(C)C. The Balaban J connectivity index is 4.21. The molecule has 326 valence electrons. The van der Waals surface area contributed by atoms with Gasteiger partial charge in [-0.2, -0.15) is 0 Å². The Kier molecular flexibility index (Phi) is 38.3. The Morgan fingerprint density at radius 3 is 1.07 bits per heavy atom. The van der Waals surface area contributed by atoms with Gasteiger partial charge < -0.3 is 14.2 Å². The standard InChI is InChI=1S/C49H99NO3Si2/c1-9-11-13-15-17-19-21-23-24-25-26-27-28-29-30-31-32-34-36-38-40-42-44-46-48(51)50-49(53-55(6,7)8)47(52-54(3,4)5)45-43-41-39-37-35-33-22-20-18-16-14-12-10-2/h42-45,47,49H,9-41,46H2,1-8H3,(H,50,51)/b44-42+,45-43+. The fourth-order valence-corrected chi connectivity index (χ4v) is 9.34. The molecule has 55 heavy (non-hydrogen) atoms. The van der Waals surface area contributed by atoms with Crippen LogP contribution in [0.15, 0.2) is 24.3 Å². The highest BCUT2D eigenvalue weighted by molar-refractivity contribution is 6.70. The summed E-state index contributed by atoms with van der Waals surface area (Å²) in [5, 5.41) is 3.23. The maximum Gasteiger partial charge on any atom is 0.225 e. The third-order valence-electron chi connectivity index (χ3n) is 10.6. The lowest BCUT2D eigenvalue weighted by molar-refractivity contribution is -0.124. The first-order valence-corrected chi connectivity index (χ1v) is 31.3. The highest BCUT2D eigenvalue weighted by Crippen LogP contribution is 2.19. The number of carbonyl (C=O) groups excluding carboxylic acids is 1. The van der Waals surface area contributed by atoms with Crippen LogP contribution in [0.1, 0.15) is 232 Å². The van der Waals surface area contributed by atoms with E-state index in [1.807, 2.05) is 6.08 Å². The molecule has 0 rings (SSSR count). The van der Waals surface area contributed by atoms with Crippen molar-refractivity contribution in [3.8, 4) is 0 Å². The van der Waals surface area contributed by atoms with Crippen molar-refractivity contribution >= 4 is 22.5 Å². The number of allylic oxidation sites excluding steroid dienone is 2. The van der Waals surface area contributed by atoms with E-state index in [-0.39, 0.29) is 12.0 Å². The lowest BCUT2D eigenvalue weighted by atomic mass is 10.0. The molecule has 6 heteroatoms. The number of hydrogen-bond acceptors (Lipinski definition) is 3. The first kappa shape index (κ1) is 54.3. The minimum atomic E-state index is -1.93. The average molecular weight is 807 g/mol. The summed E-state index contributed by atoms with van der Waals surface area (Å²) in [5.74, 6) is 0.0194. The minimum Gasteiger partial charge on any atom is -0.407 e. The molecule has 0 aromatic carbocycles. The zero-order valence-corrected chi connectivity index (χ0v) is 40.7. The minimum absolute atomic E-state index is 0.0194. The van der Waals surface area contributed by atoms with Crippen molar-refractivity contribution in [2.75, 3.05) is 0 Å². The lowest BCUT2D eigenvalue weighted by Gasteiger charge is -2.35. The molecule has 0 radical (unpaired) electrons. The molecule has 0 aliphatic carbocycles. The molecule has 0 saturated carbocycles. The molecule has 0 aliphatic rings. The van der Waals surface area contributed by atoms with Crippen LogP contribution in [0.5, 0.6) is 0 Å². The Morgan fingerprint density at radius 2 is 0.745 bits per heavy atom. The third kappa shape index (κ3) is 42.7. The summed E-state index contributed by atoms with van der Waals surface area (Å²) in [4.78, 5) is 13.1. The highest BCUT2D eigenvalue weighted by Gasteiger charge is 2.31. The summed E-state index contributed by atoms with van der Waals surface area (Å²) in [6.45, 7) is 17.8. The molecule has 0 aromatic rings. The molecule has 0 saturated heterocycles. The Bertz CT molecular complexity index is 878. The van der Waals surface area contributed by atoms with Crippen LogP contribution < -0.4 is 5.32 Å². The molecule has 2 atom stereocenters. The maximum absolute atomic E-state index is 13.1. The van der Waals surface area contributed by atoms with Crippen molar-refractivity contribution in [3.05, 3.63) is 24.3 Å². The van der Waals surface area contributed by atoms with Crippen LogP contribution in [-0.4, -0.2) is 34.9 Å². The normalized spacial score (nSPS) is 13.7. The van der Waals surface area contributed by atoms with E-state index in [0.29, 0.717) is 6.42 Å². The molecule has 1 N–H and O–H groups in total. The van der Waals surface area contributed by atoms with Crippen LogP contribution >= 0.6 is 0 Å². The van der Waals surface area contributed by atoms with Gasteiger partial charge in [-0.25, -0.2) is 0 Å². The van der Waals surface area contributed by atoms with Gasteiger partial charge in [-0.15, -0.1) is 0 Å². The molecule has 2 unspecified atom stereocenters.